The molecule has 66 heavy (non-hydrogen) atoms. The molecule has 5 rings (SSSR count). The van der Waals surface area contributed by atoms with Crippen molar-refractivity contribution in [1.82, 2.24) is 4.90 Å². The molecule has 1 aromatic rings. The number of rotatable bonds is 10. The van der Waals surface area contributed by atoms with Crippen molar-refractivity contribution in [2.75, 3.05) is 34.5 Å². The highest BCUT2D eigenvalue weighted by molar-refractivity contribution is 6.39. The first kappa shape index (κ1) is 53.2. The minimum absolute atomic E-state index is 0.0523. The van der Waals surface area contributed by atoms with Gasteiger partial charge in [-0.25, -0.2) is 13.6 Å². The van der Waals surface area contributed by atoms with E-state index in [1.807, 2.05) is 39.8 Å². The lowest BCUT2D eigenvalue weighted by Gasteiger charge is -2.47. The Morgan fingerprint density at radius 2 is 1.56 bits per heavy atom. The summed E-state index contributed by atoms with van der Waals surface area (Å²) < 4.78 is 63.8. The van der Waals surface area contributed by atoms with E-state index in [1.54, 1.807) is 14.0 Å². The summed E-state index contributed by atoms with van der Waals surface area (Å²) in [5.74, 6) is -9.04. The van der Waals surface area contributed by atoms with Crippen molar-refractivity contribution in [1.29, 1.82) is 0 Å². The molecule has 0 spiro atoms. The lowest BCUT2D eigenvalue weighted by molar-refractivity contribution is -0.302. The van der Waals surface area contributed by atoms with E-state index < -0.39 is 89.4 Å². The molecule has 1 aromatic carbocycles. The maximum absolute atomic E-state index is 14.5. The molecule has 3 fully saturated rings. The summed E-state index contributed by atoms with van der Waals surface area (Å²) in [6, 6.07) is 1.53. The number of cyclic esters (lactones) is 1. The third-order valence-electron chi connectivity index (χ3n) is 14.3. The van der Waals surface area contributed by atoms with Gasteiger partial charge < -0.3 is 38.4 Å². The van der Waals surface area contributed by atoms with Crippen molar-refractivity contribution in [2.24, 2.45) is 29.6 Å². The SMILES string of the molecule is CCC1C=C(C)CC(C)CC(OC)C2OC(O)(C(=O)C(=O)N3CCCCC3C(=O)OC(C(C)=CC3CCC(OCC(=O)c4cc(F)cc(F)c4)C(OC)C3)C(C)CCC1=O)C(C)CC2OC. The molecule has 1 aliphatic carbocycles. The van der Waals surface area contributed by atoms with Gasteiger partial charge in [0.05, 0.1) is 24.4 Å². The smallest absolute Gasteiger partial charge is 0.329 e. The number of esters is 1. The van der Waals surface area contributed by atoms with Crippen LogP contribution in [0.3, 0.4) is 0 Å². The zero-order valence-corrected chi connectivity index (χ0v) is 40.4. The first-order chi connectivity index (χ1) is 31.3. The molecule has 1 amide bonds. The Morgan fingerprint density at radius 3 is 2.21 bits per heavy atom. The summed E-state index contributed by atoms with van der Waals surface area (Å²) in [5.41, 5.74) is 1.67. The summed E-state index contributed by atoms with van der Waals surface area (Å²) in [6.45, 7) is 11.2. The average Bonchev–Trinajstić information content (AvgIpc) is 3.29. The number of aliphatic hydroxyl groups is 1. The number of ketones is 3. The average molecular weight is 930 g/mol. The molecule has 15 heteroatoms. The number of benzene rings is 1. The van der Waals surface area contributed by atoms with Crippen LogP contribution in [0.1, 0.15) is 129 Å². The van der Waals surface area contributed by atoms with E-state index in [4.69, 9.17) is 28.4 Å². The summed E-state index contributed by atoms with van der Waals surface area (Å²) in [5, 5.41) is 12.1. The molecule has 0 radical (unpaired) electrons. The van der Waals surface area contributed by atoms with Gasteiger partial charge in [-0.15, -0.1) is 0 Å². The van der Waals surface area contributed by atoms with Gasteiger partial charge in [0, 0.05) is 57.8 Å². The minimum atomic E-state index is -2.51. The van der Waals surface area contributed by atoms with Crippen molar-refractivity contribution in [3.05, 3.63) is 58.7 Å². The van der Waals surface area contributed by atoms with E-state index in [9.17, 15) is 37.9 Å². The number of hydrogen-bond donors (Lipinski definition) is 1. The molecule has 3 heterocycles. The number of methoxy groups -OCH3 is 3. The third-order valence-corrected chi connectivity index (χ3v) is 14.3. The Morgan fingerprint density at radius 1 is 0.894 bits per heavy atom. The number of halogens is 2. The highest BCUT2D eigenvalue weighted by Crippen LogP contribution is 2.39. The van der Waals surface area contributed by atoms with E-state index in [0.29, 0.717) is 63.9 Å². The largest absolute Gasteiger partial charge is 0.456 e. The van der Waals surface area contributed by atoms with Crippen LogP contribution in [0.25, 0.3) is 0 Å². The number of fused-ring (bicyclic) bond motifs is 3. The van der Waals surface area contributed by atoms with Crippen LogP contribution in [0.4, 0.5) is 8.78 Å². The Balaban J connectivity index is 1.42. The number of carbonyl (C=O) groups is 5. The number of allylic oxidation sites excluding steroid dienone is 3. The molecule has 2 bridgehead atoms. The van der Waals surface area contributed by atoms with Crippen LogP contribution in [0, 0.1) is 41.2 Å². The van der Waals surface area contributed by atoms with Crippen LogP contribution in [-0.4, -0.2) is 122 Å². The number of nitrogens with zero attached hydrogens (tertiary/aromatic N) is 1. The molecule has 13 nitrogen and oxygen atoms in total. The number of amides is 1. The number of hydrogen-bond acceptors (Lipinski definition) is 12. The minimum Gasteiger partial charge on any atom is -0.456 e. The number of ether oxygens (including phenoxy) is 6. The van der Waals surface area contributed by atoms with Crippen molar-refractivity contribution in [3.8, 4) is 0 Å². The molecule has 2 saturated heterocycles. The highest BCUT2D eigenvalue weighted by atomic mass is 19.1. The third kappa shape index (κ3) is 13.1. The first-order valence-electron chi connectivity index (χ1n) is 23.9. The van der Waals surface area contributed by atoms with Gasteiger partial charge >= 0.3 is 5.97 Å². The van der Waals surface area contributed by atoms with Gasteiger partial charge in [0.2, 0.25) is 5.79 Å². The monoisotopic (exact) mass is 930 g/mol. The fraction of sp³-hybridized carbons (Fsp3) is 0.706. The second-order valence-corrected chi connectivity index (χ2v) is 19.4. The van der Waals surface area contributed by atoms with Crippen molar-refractivity contribution in [2.45, 2.75) is 167 Å². The van der Waals surface area contributed by atoms with Gasteiger partial charge in [0.25, 0.3) is 11.7 Å². The highest BCUT2D eigenvalue weighted by Gasteiger charge is 2.56. The number of carbonyl (C=O) groups excluding carboxylic acids is 5. The lowest BCUT2D eigenvalue weighted by Crippen LogP contribution is -2.64. The Kier molecular flexibility index (Phi) is 19.4. The van der Waals surface area contributed by atoms with Gasteiger partial charge in [-0.2, -0.15) is 0 Å². The molecule has 1 N–H and O–H groups in total. The molecule has 4 aliphatic rings. The zero-order valence-electron chi connectivity index (χ0n) is 40.4. The molecular formula is C51H73F2NO12. The fourth-order valence-corrected chi connectivity index (χ4v) is 10.6. The second kappa shape index (κ2) is 24.0. The molecular weight excluding hydrogens is 857 g/mol. The van der Waals surface area contributed by atoms with E-state index in [2.05, 4.69) is 6.92 Å². The first-order valence-corrected chi connectivity index (χ1v) is 23.9. The molecule has 1 saturated carbocycles. The molecule has 13 atom stereocenters. The Labute approximate surface area is 389 Å². The van der Waals surface area contributed by atoms with Crippen LogP contribution in [-0.2, 0) is 47.6 Å². The quantitative estimate of drug-likeness (QED) is 0.106. The predicted molar refractivity (Wildman–Crippen MR) is 241 cm³/mol. The van der Waals surface area contributed by atoms with E-state index in [-0.39, 0.29) is 67.4 Å². The van der Waals surface area contributed by atoms with Crippen LogP contribution >= 0.6 is 0 Å². The maximum Gasteiger partial charge on any atom is 0.329 e. The van der Waals surface area contributed by atoms with Gasteiger partial charge in [0.15, 0.2) is 5.78 Å². The number of piperidine rings is 1. The Bertz CT molecular complexity index is 1920. The van der Waals surface area contributed by atoms with Crippen LogP contribution in [0.5, 0.6) is 0 Å². The predicted octanol–water partition coefficient (Wildman–Crippen LogP) is 7.69. The summed E-state index contributed by atoms with van der Waals surface area (Å²) in [7, 11) is 4.62. The molecule has 368 valence electrons. The summed E-state index contributed by atoms with van der Waals surface area (Å²) in [4.78, 5) is 71.0. The number of Topliss-reactive ketones (excluding diaryl/α,β-unsaturated/α-hetero) is 3. The Hall–Kier alpha value is -3.73. The lowest BCUT2D eigenvalue weighted by atomic mass is 9.82. The molecule has 13 unspecified atom stereocenters. The van der Waals surface area contributed by atoms with Gasteiger partial charge in [-0.1, -0.05) is 45.4 Å². The molecule has 3 aliphatic heterocycles. The summed E-state index contributed by atoms with van der Waals surface area (Å²) >= 11 is 0. The van der Waals surface area contributed by atoms with Crippen molar-refractivity contribution >= 4 is 29.2 Å². The summed E-state index contributed by atoms with van der Waals surface area (Å²) in [6.07, 6.45) is 6.02. The van der Waals surface area contributed by atoms with Crippen LogP contribution in [0.15, 0.2) is 41.5 Å². The van der Waals surface area contributed by atoms with Crippen LogP contribution < -0.4 is 0 Å². The second-order valence-electron chi connectivity index (χ2n) is 19.4. The van der Waals surface area contributed by atoms with Gasteiger partial charge in [-0.05, 0) is 120 Å². The molecule has 0 aromatic heterocycles. The van der Waals surface area contributed by atoms with Gasteiger partial charge in [0.1, 0.15) is 42.3 Å². The fourth-order valence-electron chi connectivity index (χ4n) is 10.6. The van der Waals surface area contributed by atoms with E-state index in [1.165, 1.54) is 19.1 Å². The normalized spacial score (nSPS) is 35.1. The van der Waals surface area contributed by atoms with Crippen LogP contribution in [0.2, 0.25) is 0 Å². The van der Waals surface area contributed by atoms with E-state index in [0.717, 1.165) is 23.3 Å². The van der Waals surface area contributed by atoms with Crippen molar-refractivity contribution in [3.63, 3.8) is 0 Å². The maximum atomic E-state index is 14.5. The van der Waals surface area contributed by atoms with Crippen molar-refractivity contribution < 1.29 is 66.3 Å². The van der Waals surface area contributed by atoms with E-state index >= 15 is 0 Å². The van der Waals surface area contributed by atoms with Gasteiger partial charge in [-0.3, -0.25) is 19.2 Å². The topological polar surface area (TPSA) is 164 Å². The zero-order chi connectivity index (χ0) is 48.5. The standard InChI is InChI=1S/C51H73F2NO12/c1-10-35-20-29(2)19-30(3)21-44(62-8)47-45(63-9)23-33(6)51(60,66-47)48(57)49(58)54-18-12-11-13-39(54)50(59)65-46(31(4)14-16-40(35)55)32(5)22-34-15-17-42(43(24-34)61-7)64-28-41(56)36-25-37(52)27-38(53)26-36/h20,22,25-27,30-31,33-35,39,42-47,60H,10-19,21,23-24,28H2,1-9H3.